The summed E-state index contributed by atoms with van der Waals surface area (Å²) >= 11 is 0. The van der Waals surface area contributed by atoms with Crippen molar-refractivity contribution in [2.75, 3.05) is 11.1 Å². The summed E-state index contributed by atoms with van der Waals surface area (Å²) < 4.78 is 3.81. The Hall–Kier alpha value is -3.49. The van der Waals surface area contributed by atoms with Gasteiger partial charge in [-0.3, -0.25) is 4.68 Å². The van der Waals surface area contributed by atoms with Gasteiger partial charge in [-0.2, -0.15) is 20.1 Å². The average Bonchev–Trinajstić information content (AvgIpc) is 3.15. The molecule has 0 atom stereocenters. The summed E-state index contributed by atoms with van der Waals surface area (Å²) in [6.45, 7) is 4.45. The zero-order valence-electron chi connectivity index (χ0n) is 14.8. The lowest BCUT2D eigenvalue weighted by atomic mass is 10.2. The van der Waals surface area contributed by atoms with E-state index in [-0.39, 0.29) is 5.95 Å². The Bertz CT molecular complexity index is 1070. The molecule has 0 aromatic carbocycles. The van der Waals surface area contributed by atoms with Gasteiger partial charge in [0.1, 0.15) is 5.82 Å². The number of nitrogen functional groups attached to an aromatic ring is 1. The fraction of sp³-hybridized carbons (Fsp3) is 0.235. The molecule has 9 nitrogen and oxygen atoms in total. The summed E-state index contributed by atoms with van der Waals surface area (Å²) in [5.74, 6) is 1.98. The number of hydrogen-bond acceptors (Lipinski definition) is 7. The second kappa shape index (κ2) is 6.10. The second-order valence-electron chi connectivity index (χ2n) is 6.11. The van der Waals surface area contributed by atoms with Gasteiger partial charge in [0.15, 0.2) is 5.82 Å². The Morgan fingerprint density at radius 1 is 1.15 bits per heavy atom. The van der Waals surface area contributed by atoms with Gasteiger partial charge >= 0.3 is 0 Å². The standard InChI is InChI=1S/C17H19N9/c1-10-6-13(24-25(10)3)7-20-17-22-15(21-16(18)23-17)12-4-5-14-8-19-11(2)26(14)9-12/h4-6,8-9H,7H2,1-3H3,(H3,18,20,21,22,23). The molecule has 0 amide bonds. The van der Waals surface area contributed by atoms with Crippen LogP contribution in [-0.4, -0.2) is 34.1 Å². The topological polar surface area (TPSA) is 112 Å². The number of aryl methyl sites for hydroxylation is 3. The first kappa shape index (κ1) is 16.0. The summed E-state index contributed by atoms with van der Waals surface area (Å²) in [6, 6.07) is 5.92. The van der Waals surface area contributed by atoms with E-state index in [1.807, 2.05) is 60.6 Å². The van der Waals surface area contributed by atoms with E-state index in [4.69, 9.17) is 5.73 Å². The van der Waals surface area contributed by atoms with Crippen LogP contribution >= 0.6 is 0 Å². The van der Waals surface area contributed by atoms with E-state index >= 15 is 0 Å². The normalized spacial score (nSPS) is 11.2. The third kappa shape index (κ3) is 2.94. The maximum atomic E-state index is 5.88. The van der Waals surface area contributed by atoms with Gasteiger partial charge in [0.25, 0.3) is 0 Å². The quantitative estimate of drug-likeness (QED) is 0.577. The Balaban J connectivity index is 1.63. The van der Waals surface area contributed by atoms with Gasteiger partial charge < -0.3 is 15.5 Å². The molecule has 0 aliphatic carbocycles. The molecule has 132 valence electrons. The lowest BCUT2D eigenvalue weighted by molar-refractivity contribution is 0.723. The number of fused-ring (bicyclic) bond motifs is 1. The Kier molecular flexibility index (Phi) is 3.76. The van der Waals surface area contributed by atoms with Crippen molar-refractivity contribution in [1.82, 2.24) is 34.1 Å². The van der Waals surface area contributed by atoms with Crippen LogP contribution in [0, 0.1) is 13.8 Å². The SMILES string of the molecule is Cc1cc(CNc2nc(N)nc(-c3ccc4cnc(C)n4c3)n2)nn1C. The number of hydrogen-bond donors (Lipinski definition) is 2. The molecule has 4 aromatic rings. The van der Waals surface area contributed by atoms with Crippen LogP contribution < -0.4 is 11.1 Å². The largest absolute Gasteiger partial charge is 0.368 e. The molecule has 26 heavy (non-hydrogen) atoms. The van der Waals surface area contributed by atoms with Crippen LogP contribution in [0.2, 0.25) is 0 Å². The third-order valence-corrected chi connectivity index (χ3v) is 4.22. The molecule has 0 spiro atoms. The van der Waals surface area contributed by atoms with E-state index in [9.17, 15) is 0 Å². The van der Waals surface area contributed by atoms with Gasteiger partial charge in [-0.05, 0) is 32.0 Å². The molecule has 4 heterocycles. The number of nitrogens with two attached hydrogens (primary N) is 1. The van der Waals surface area contributed by atoms with E-state index in [2.05, 4.69) is 30.4 Å². The highest BCUT2D eigenvalue weighted by Crippen LogP contribution is 2.19. The summed E-state index contributed by atoms with van der Waals surface area (Å²) in [7, 11) is 1.91. The van der Waals surface area contributed by atoms with Gasteiger partial charge in [-0.1, -0.05) is 0 Å². The van der Waals surface area contributed by atoms with Crippen molar-refractivity contribution >= 4 is 17.4 Å². The highest BCUT2D eigenvalue weighted by atomic mass is 15.3. The Morgan fingerprint density at radius 3 is 2.77 bits per heavy atom. The highest BCUT2D eigenvalue weighted by Gasteiger charge is 2.10. The minimum absolute atomic E-state index is 0.164. The van der Waals surface area contributed by atoms with Crippen molar-refractivity contribution in [3.8, 4) is 11.4 Å². The number of nitrogens with one attached hydrogen (secondary N) is 1. The maximum Gasteiger partial charge on any atom is 0.228 e. The Labute approximate surface area is 149 Å². The number of imidazole rings is 1. The van der Waals surface area contributed by atoms with Crippen molar-refractivity contribution in [2.24, 2.45) is 7.05 Å². The van der Waals surface area contributed by atoms with Crippen molar-refractivity contribution in [3.63, 3.8) is 0 Å². The first-order valence-electron chi connectivity index (χ1n) is 8.18. The summed E-state index contributed by atoms with van der Waals surface area (Å²) in [5.41, 5.74) is 9.71. The van der Waals surface area contributed by atoms with Gasteiger partial charge in [0, 0.05) is 24.5 Å². The molecule has 0 bridgehead atoms. The molecule has 0 aliphatic rings. The predicted octanol–water partition coefficient (Wildman–Crippen LogP) is 1.73. The lowest BCUT2D eigenvalue weighted by Gasteiger charge is -2.07. The zero-order valence-corrected chi connectivity index (χ0v) is 14.8. The first-order valence-corrected chi connectivity index (χ1v) is 8.18. The van der Waals surface area contributed by atoms with E-state index in [1.165, 1.54) is 0 Å². The van der Waals surface area contributed by atoms with Crippen LogP contribution in [0.25, 0.3) is 16.9 Å². The number of nitrogens with zero attached hydrogens (tertiary/aromatic N) is 7. The molecular formula is C17H19N9. The summed E-state index contributed by atoms with van der Waals surface area (Å²) in [5, 5.41) is 7.57. The monoisotopic (exact) mass is 349 g/mol. The molecular weight excluding hydrogens is 330 g/mol. The third-order valence-electron chi connectivity index (χ3n) is 4.22. The van der Waals surface area contributed by atoms with E-state index < -0.39 is 0 Å². The molecule has 0 unspecified atom stereocenters. The van der Waals surface area contributed by atoms with Crippen LogP contribution in [0.15, 0.2) is 30.6 Å². The van der Waals surface area contributed by atoms with Crippen LogP contribution in [0.1, 0.15) is 17.2 Å². The smallest absolute Gasteiger partial charge is 0.228 e. The fourth-order valence-corrected chi connectivity index (χ4v) is 2.74. The minimum atomic E-state index is 0.164. The van der Waals surface area contributed by atoms with Crippen LogP contribution in [0.3, 0.4) is 0 Å². The summed E-state index contributed by atoms with van der Waals surface area (Å²) in [4.78, 5) is 17.2. The summed E-state index contributed by atoms with van der Waals surface area (Å²) in [6.07, 6.45) is 3.76. The van der Waals surface area contributed by atoms with E-state index in [1.54, 1.807) is 0 Å². The number of rotatable bonds is 4. The van der Waals surface area contributed by atoms with Gasteiger partial charge in [0.2, 0.25) is 11.9 Å². The molecule has 0 saturated heterocycles. The number of anilines is 2. The average molecular weight is 349 g/mol. The molecule has 9 heteroatoms. The molecule has 4 aromatic heterocycles. The highest BCUT2D eigenvalue weighted by molar-refractivity contribution is 5.61. The van der Waals surface area contributed by atoms with Gasteiger partial charge in [-0.25, -0.2) is 4.98 Å². The molecule has 0 radical (unpaired) electrons. The van der Waals surface area contributed by atoms with Gasteiger partial charge in [0.05, 0.1) is 24.0 Å². The number of pyridine rings is 1. The van der Waals surface area contributed by atoms with Crippen LogP contribution in [-0.2, 0) is 13.6 Å². The van der Waals surface area contributed by atoms with Crippen molar-refractivity contribution in [3.05, 3.63) is 47.8 Å². The predicted molar refractivity (Wildman–Crippen MR) is 98.4 cm³/mol. The van der Waals surface area contributed by atoms with Crippen molar-refractivity contribution < 1.29 is 0 Å². The fourth-order valence-electron chi connectivity index (χ4n) is 2.74. The van der Waals surface area contributed by atoms with Crippen LogP contribution in [0.5, 0.6) is 0 Å². The van der Waals surface area contributed by atoms with E-state index in [0.717, 1.165) is 28.3 Å². The molecule has 3 N–H and O–H groups in total. The number of aromatic nitrogens is 7. The molecule has 0 fully saturated rings. The van der Waals surface area contributed by atoms with Crippen LogP contribution in [0.4, 0.5) is 11.9 Å². The Morgan fingerprint density at radius 2 is 2.00 bits per heavy atom. The van der Waals surface area contributed by atoms with Crippen molar-refractivity contribution in [1.29, 1.82) is 0 Å². The van der Waals surface area contributed by atoms with E-state index in [0.29, 0.717) is 18.3 Å². The maximum absolute atomic E-state index is 5.88. The van der Waals surface area contributed by atoms with Crippen molar-refractivity contribution in [2.45, 2.75) is 20.4 Å². The van der Waals surface area contributed by atoms with Gasteiger partial charge in [-0.15, -0.1) is 0 Å². The molecule has 4 rings (SSSR count). The molecule has 0 saturated carbocycles. The lowest BCUT2D eigenvalue weighted by Crippen LogP contribution is -2.09. The minimum Gasteiger partial charge on any atom is -0.368 e. The first-order chi connectivity index (χ1) is 12.5. The second-order valence-corrected chi connectivity index (χ2v) is 6.11. The molecule has 0 aliphatic heterocycles. The zero-order chi connectivity index (χ0) is 18.3.